The normalized spacial score (nSPS) is 11.5. The lowest BCUT2D eigenvalue weighted by Crippen LogP contribution is -2.25. The second kappa shape index (κ2) is 5.88. The summed E-state index contributed by atoms with van der Waals surface area (Å²) >= 11 is 0. The zero-order chi connectivity index (χ0) is 17.3. The van der Waals surface area contributed by atoms with Gasteiger partial charge in [0.15, 0.2) is 5.52 Å². The first-order chi connectivity index (χ1) is 11.4. The number of rotatable bonds is 4. The van der Waals surface area contributed by atoms with Crippen LogP contribution in [0.1, 0.15) is 13.8 Å². The first-order valence-electron chi connectivity index (χ1n) is 7.41. The number of fused-ring (bicyclic) bond motifs is 1. The largest absolute Gasteiger partial charge is 0.466 e. The maximum Gasteiger partial charge on any atom is 0.246 e. The van der Waals surface area contributed by atoms with Crippen LogP contribution in [-0.2, 0) is 0 Å². The zero-order valence-electron chi connectivity index (χ0n) is 13.5. The fraction of sp³-hybridized carbons (Fsp3) is 0.167. The quantitative estimate of drug-likeness (QED) is 0.740. The number of nitrogens with zero attached hydrogens (tertiary/aromatic N) is 3. The molecule has 3 rings (SSSR count). The molecule has 0 aliphatic carbocycles. The van der Waals surface area contributed by atoms with Crippen LogP contribution in [0.15, 0.2) is 49.1 Å². The molecule has 2 heterocycles. The maximum atomic E-state index is 13.1. The average molecular weight is 324 g/mol. The fourth-order valence-electron chi connectivity index (χ4n) is 2.15. The van der Waals surface area contributed by atoms with Crippen LogP contribution in [0.5, 0.6) is 5.88 Å². The number of ether oxygens (including phenoxy) is 1. The van der Waals surface area contributed by atoms with Crippen LogP contribution in [0.4, 0.5) is 10.3 Å². The lowest BCUT2D eigenvalue weighted by molar-refractivity contribution is 0.157. The molecular weight excluding hydrogens is 307 g/mol. The van der Waals surface area contributed by atoms with Crippen molar-refractivity contribution in [2.75, 3.05) is 5.73 Å². The second-order valence-electron chi connectivity index (χ2n) is 5.87. The molecule has 3 aromatic rings. The molecular formula is C18H17FN4O. The van der Waals surface area contributed by atoms with Gasteiger partial charge < -0.3 is 10.5 Å². The Morgan fingerprint density at radius 3 is 2.46 bits per heavy atom. The Kier molecular flexibility index (Phi) is 3.89. The van der Waals surface area contributed by atoms with Crippen LogP contribution in [0, 0.1) is 5.82 Å². The topological polar surface area (TPSA) is 73.9 Å². The number of hydrogen-bond acceptors (Lipinski definition) is 5. The number of benzene rings is 1. The average Bonchev–Trinajstić information content (AvgIpc) is 2.55. The number of pyridine rings is 1. The number of nitrogen functional groups attached to an aromatic ring is 1. The monoisotopic (exact) mass is 324 g/mol. The van der Waals surface area contributed by atoms with E-state index in [9.17, 15) is 4.39 Å². The summed E-state index contributed by atoms with van der Waals surface area (Å²) in [6, 6.07) is 9.68. The summed E-state index contributed by atoms with van der Waals surface area (Å²) in [6.45, 7) is 7.46. The van der Waals surface area contributed by atoms with Gasteiger partial charge in [0.25, 0.3) is 0 Å². The molecule has 0 aliphatic rings. The Bertz CT molecular complexity index is 907. The van der Waals surface area contributed by atoms with Crippen LogP contribution < -0.4 is 10.5 Å². The van der Waals surface area contributed by atoms with Crippen molar-refractivity contribution in [3.63, 3.8) is 0 Å². The van der Waals surface area contributed by atoms with Gasteiger partial charge in [-0.25, -0.2) is 14.4 Å². The predicted molar refractivity (Wildman–Crippen MR) is 92.0 cm³/mol. The molecule has 0 saturated heterocycles. The summed E-state index contributed by atoms with van der Waals surface area (Å²) in [4.78, 5) is 12.9. The molecule has 0 saturated carbocycles. The van der Waals surface area contributed by atoms with Gasteiger partial charge in [0.2, 0.25) is 11.8 Å². The highest BCUT2D eigenvalue weighted by molar-refractivity contribution is 5.83. The van der Waals surface area contributed by atoms with E-state index >= 15 is 0 Å². The highest BCUT2D eigenvalue weighted by Crippen LogP contribution is 2.28. The molecule has 0 bridgehead atoms. The van der Waals surface area contributed by atoms with E-state index in [0.29, 0.717) is 16.7 Å². The minimum atomic E-state index is -0.638. The summed E-state index contributed by atoms with van der Waals surface area (Å²) in [5.41, 5.74) is 7.62. The fourth-order valence-corrected chi connectivity index (χ4v) is 2.15. The molecule has 24 heavy (non-hydrogen) atoms. The summed E-state index contributed by atoms with van der Waals surface area (Å²) in [7, 11) is 0. The van der Waals surface area contributed by atoms with Crippen LogP contribution in [-0.4, -0.2) is 20.6 Å². The second-order valence-corrected chi connectivity index (χ2v) is 5.87. The SMILES string of the molecule is C=CC(C)(C)Oc1nc(N)nc2ccc(-c3ccc(F)cc3)nc12. The van der Waals surface area contributed by atoms with Crippen molar-refractivity contribution >= 4 is 17.0 Å². The van der Waals surface area contributed by atoms with Crippen molar-refractivity contribution < 1.29 is 9.13 Å². The molecule has 0 atom stereocenters. The number of anilines is 1. The minimum Gasteiger partial charge on any atom is -0.466 e. The van der Waals surface area contributed by atoms with Crippen molar-refractivity contribution in [3.05, 3.63) is 54.9 Å². The lowest BCUT2D eigenvalue weighted by Gasteiger charge is -2.22. The molecule has 0 spiro atoms. The van der Waals surface area contributed by atoms with Gasteiger partial charge in [0.05, 0.1) is 11.2 Å². The smallest absolute Gasteiger partial charge is 0.246 e. The van der Waals surface area contributed by atoms with E-state index in [1.54, 1.807) is 30.3 Å². The molecule has 5 nitrogen and oxygen atoms in total. The van der Waals surface area contributed by atoms with E-state index in [0.717, 1.165) is 5.56 Å². The third kappa shape index (κ3) is 3.17. The molecule has 122 valence electrons. The summed E-state index contributed by atoms with van der Waals surface area (Å²) in [5.74, 6) is 0.0902. The van der Waals surface area contributed by atoms with Gasteiger partial charge in [0.1, 0.15) is 11.4 Å². The lowest BCUT2D eigenvalue weighted by atomic mass is 10.1. The summed E-state index contributed by atoms with van der Waals surface area (Å²) < 4.78 is 19.0. The highest BCUT2D eigenvalue weighted by Gasteiger charge is 2.19. The maximum absolute atomic E-state index is 13.1. The van der Waals surface area contributed by atoms with E-state index in [4.69, 9.17) is 10.5 Å². The van der Waals surface area contributed by atoms with Crippen molar-refractivity contribution in [2.45, 2.75) is 19.4 Å². The number of halogens is 1. The first kappa shape index (κ1) is 15.9. The third-order valence-corrected chi connectivity index (χ3v) is 3.52. The molecule has 2 aromatic heterocycles. The van der Waals surface area contributed by atoms with E-state index in [2.05, 4.69) is 21.5 Å². The van der Waals surface area contributed by atoms with Gasteiger partial charge in [-0.2, -0.15) is 4.98 Å². The van der Waals surface area contributed by atoms with E-state index in [1.165, 1.54) is 12.1 Å². The minimum absolute atomic E-state index is 0.105. The van der Waals surface area contributed by atoms with E-state index in [1.807, 2.05) is 13.8 Å². The molecule has 2 N–H and O–H groups in total. The van der Waals surface area contributed by atoms with Gasteiger partial charge in [-0.1, -0.05) is 6.58 Å². The predicted octanol–water partition coefficient (Wildman–Crippen LogP) is 3.76. The van der Waals surface area contributed by atoms with Crippen LogP contribution in [0.2, 0.25) is 0 Å². The molecule has 6 heteroatoms. The zero-order valence-corrected chi connectivity index (χ0v) is 13.5. The Morgan fingerprint density at radius 1 is 1.08 bits per heavy atom. The summed E-state index contributed by atoms with van der Waals surface area (Å²) in [6.07, 6.45) is 1.67. The van der Waals surface area contributed by atoms with E-state index < -0.39 is 5.60 Å². The molecule has 0 fully saturated rings. The van der Waals surface area contributed by atoms with Crippen LogP contribution >= 0.6 is 0 Å². The third-order valence-electron chi connectivity index (χ3n) is 3.52. The molecule has 0 amide bonds. The Labute approximate surface area is 139 Å². The Hall–Kier alpha value is -3.02. The van der Waals surface area contributed by atoms with Crippen LogP contribution in [0.3, 0.4) is 0 Å². The molecule has 0 unspecified atom stereocenters. The van der Waals surface area contributed by atoms with Crippen molar-refractivity contribution in [1.82, 2.24) is 15.0 Å². The molecule has 0 radical (unpaired) electrons. The Balaban J connectivity index is 2.15. The number of aromatic nitrogens is 3. The van der Waals surface area contributed by atoms with Crippen molar-refractivity contribution in [3.8, 4) is 17.1 Å². The highest BCUT2D eigenvalue weighted by atomic mass is 19.1. The van der Waals surface area contributed by atoms with E-state index in [-0.39, 0.29) is 17.6 Å². The van der Waals surface area contributed by atoms with Gasteiger partial charge in [-0.3, -0.25) is 0 Å². The standard InChI is InChI=1S/C18H17FN4O/c1-4-18(2,3)24-16-15-14(22-17(20)23-16)10-9-13(21-15)11-5-7-12(19)8-6-11/h4-10H,1H2,2-3H3,(H2,20,22,23). The van der Waals surface area contributed by atoms with Gasteiger partial charge in [0, 0.05) is 5.56 Å². The summed E-state index contributed by atoms with van der Waals surface area (Å²) in [5, 5.41) is 0. The first-order valence-corrected chi connectivity index (χ1v) is 7.41. The van der Waals surface area contributed by atoms with Gasteiger partial charge >= 0.3 is 0 Å². The molecule has 0 aliphatic heterocycles. The molecule has 1 aromatic carbocycles. The van der Waals surface area contributed by atoms with Crippen LogP contribution in [0.25, 0.3) is 22.3 Å². The van der Waals surface area contributed by atoms with Gasteiger partial charge in [-0.15, -0.1) is 0 Å². The van der Waals surface area contributed by atoms with Crippen molar-refractivity contribution in [2.24, 2.45) is 0 Å². The van der Waals surface area contributed by atoms with Gasteiger partial charge in [-0.05, 0) is 56.3 Å². The Morgan fingerprint density at radius 2 is 1.79 bits per heavy atom. The number of hydrogen-bond donors (Lipinski definition) is 1. The van der Waals surface area contributed by atoms with Crippen molar-refractivity contribution in [1.29, 1.82) is 0 Å². The number of nitrogens with two attached hydrogens (primary N) is 1.